The van der Waals surface area contributed by atoms with Gasteiger partial charge < -0.3 is 49.3 Å². The molecule has 0 aromatic rings. The first-order valence-corrected chi connectivity index (χ1v) is 10.2. The van der Waals surface area contributed by atoms with E-state index in [1.54, 1.807) is 0 Å². The Morgan fingerprint density at radius 1 is 0.188 bits per heavy atom. The molecule has 0 heterocycles. The van der Waals surface area contributed by atoms with Crippen LogP contribution in [0.3, 0.4) is 0 Å². The van der Waals surface area contributed by atoms with Crippen LogP contribution in [0.4, 0.5) is 73.9 Å². The summed E-state index contributed by atoms with van der Waals surface area (Å²) < 4.78 is 178. The third-order valence-electron chi connectivity index (χ3n) is 0. The van der Waals surface area contributed by atoms with Crippen molar-refractivity contribution >= 4 is 60.6 Å². The third-order valence-corrected chi connectivity index (χ3v) is 0. The van der Waals surface area contributed by atoms with Gasteiger partial charge in [-0.15, -0.1) is 0 Å². The van der Waals surface area contributed by atoms with Crippen molar-refractivity contribution in [3.05, 3.63) is 0 Å². The summed E-state index contributed by atoms with van der Waals surface area (Å²) in [6.07, 6.45) is 0. The molecule has 0 fully saturated rings. The maximum Gasteiger partial charge on any atom is 3.00 e. The fraction of sp³-hybridized carbons (Fsp3) is 0. The molecule has 32 heteroatoms. The van der Waals surface area contributed by atoms with E-state index in [1.807, 2.05) is 0 Å². The summed E-state index contributed by atoms with van der Waals surface area (Å²) >= 11 is 0. The molecular formula is H18Al2F18O9Si3. The molecular weight excluding hydrogens is 624 g/mol. The van der Waals surface area contributed by atoms with Gasteiger partial charge >= 0.3 is 135 Å². The Hall–Kier alpha value is 0.0956. The van der Waals surface area contributed by atoms with Crippen molar-refractivity contribution in [3.63, 3.8) is 0 Å². The van der Waals surface area contributed by atoms with Crippen LogP contribution in [0.25, 0.3) is 0 Å². The zero-order chi connectivity index (χ0) is 19.2. The van der Waals surface area contributed by atoms with Crippen molar-refractivity contribution in [2.45, 2.75) is 0 Å². The van der Waals surface area contributed by atoms with Gasteiger partial charge in [0.2, 0.25) is 0 Å². The second kappa shape index (κ2) is 13.8. The Kier molecular flexibility index (Phi) is 41.0. The Morgan fingerprint density at radius 2 is 0.188 bits per heavy atom. The van der Waals surface area contributed by atoms with E-state index >= 15 is 0 Å². The Balaban J connectivity index is -0.0000000108. The fourth-order valence-electron chi connectivity index (χ4n) is 0. The molecule has 0 saturated carbocycles. The van der Waals surface area contributed by atoms with Crippen LogP contribution in [0, 0.1) is 0 Å². The monoisotopic (exact) mass is 642 g/mol. The molecule has 0 aromatic heterocycles. The smallest absolute Gasteiger partial charge is 0.412 e. The van der Waals surface area contributed by atoms with Gasteiger partial charge in [-0.1, -0.05) is 0 Å². The number of hydrogen-bond acceptors (Lipinski definition) is 0. The topological polar surface area (TPSA) is 284 Å². The van der Waals surface area contributed by atoms with Gasteiger partial charge in [0.25, 0.3) is 0 Å². The van der Waals surface area contributed by atoms with Gasteiger partial charge in [0.1, 0.15) is 0 Å². The Bertz CT molecular complexity index is 297. The van der Waals surface area contributed by atoms with E-state index in [0.717, 1.165) is 0 Å². The van der Waals surface area contributed by atoms with Crippen molar-refractivity contribution in [1.29, 1.82) is 0 Å². The molecule has 0 unspecified atom stereocenters. The van der Waals surface area contributed by atoms with Crippen LogP contribution in [0.1, 0.15) is 0 Å². The maximum absolute atomic E-state index is 10.8. The van der Waals surface area contributed by atoms with E-state index in [-0.39, 0.29) is 84.0 Å². The minimum absolute atomic E-state index is 0. The third kappa shape index (κ3) is 2790000. The average molecular weight is 642 g/mol. The van der Waals surface area contributed by atoms with Gasteiger partial charge in [-0.2, -0.15) is 0 Å². The van der Waals surface area contributed by atoms with E-state index in [1.165, 1.54) is 0 Å². The number of rotatable bonds is 0. The summed E-state index contributed by atoms with van der Waals surface area (Å²) in [4.78, 5) is 0. The summed E-state index contributed by atoms with van der Waals surface area (Å²) in [5.41, 5.74) is 0. The van der Waals surface area contributed by atoms with Crippen LogP contribution >= 0.6 is 0 Å². The van der Waals surface area contributed by atoms with Gasteiger partial charge in [-0.05, 0) is 0 Å². The van der Waals surface area contributed by atoms with Gasteiger partial charge in [-0.25, -0.2) is 0 Å². The van der Waals surface area contributed by atoms with Crippen molar-refractivity contribution in [3.8, 4) is 0 Å². The molecule has 0 aliphatic rings. The molecule has 0 spiro atoms. The normalized spacial score (nSPS) is 15.2. The largest absolute Gasteiger partial charge is 3.00 e. The second-order valence-corrected chi connectivity index (χ2v) is 9.64. The van der Waals surface area contributed by atoms with Crippen LogP contribution in [0.5, 0.6) is 0 Å². The molecule has 216 valence electrons. The van der Waals surface area contributed by atoms with Gasteiger partial charge in [0, 0.05) is 0 Å². The van der Waals surface area contributed by atoms with Crippen LogP contribution in [-0.4, -0.2) is 110 Å². The Labute approximate surface area is 184 Å². The quantitative estimate of drug-likeness (QED) is 0.161. The standard InChI is InChI=1S/2Al.3F6Si.9H2O/c;;3*1-7(2,3,4,5)6;;;;;;;;;/h;;;;;9*1H2/q2*+3;3*-2;;;;;;;;;. The SMILES string of the molecule is F[Si-2](F)(F)(F)(F)F.F[Si-2](F)(F)(F)(F)F.F[Si-2](F)(F)(F)(F)F.O.O.O.O.O.O.O.O.O.[Al+3].[Al+3]. The predicted molar refractivity (Wildman–Crippen MR) is 81.2 cm³/mol. The molecule has 32 heavy (non-hydrogen) atoms. The second-order valence-electron chi connectivity index (χ2n) is 3.21. The van der Waals surface area contributed by atoms with E-state index in [4.69, 9.17) is 0 Å². The van der Waals surface area contributed by atoms with Crippen molar-refractivity contribution in [2.75, 3.05) is 0 Å². The van der Waals surface area contributed by atoms with E-state index in [0.29, 0.717) is 0 Å². The van der Waals surface area contributed by atoms with Crippen LogP contribution in [0.15, 0.2) is 0 Å². The van der Waals surface area contributed by atoms with E-state index in [9.17, 15) is 73.9 Å². The first-order chi connectivity index (χ1) is 7.35. The molecule has 0 aromatic carbocycles. The maximum atomic E-state index is 9.88. The zero-order valence-electron chi connectivity index (χ0n) is 14.0. The van der Waals surface area contributed by atoms with Gasteiger partial charge in [0.15, 0.2) is 0 Å². The summed E-state index contributed by atoms with van der Waals surface area (Å²) in [6, 6.07) is 0. The molecule has 0 amide bonds. The van der Waals surface area contributed by atoms with Crippen molar-refractivity contribution in [2.24, 2.45) is 0 Å². The first kappa shape index (κ1) is 94.8. The summed E-state index contributed by atoms with van der Waals surface area (Å²) in [5, 5.41) is 0. The predicted octanol–water partition coefficient (Wildman–Crippen LogP) is -1.76. The summed E-state index contributed by atoms with van der Waals surface area (Å²) in [7, 11) is -32.5. The van der Waals surface area contributed by atoms with E-state index in [2.05, 4.69) is 0 Å². The minimum Gasteiger partial charge on any atom is -0.412 e. The first-order valence-electron chi connectivity index (χ1n) is 3.40. The van der Waals surface area contributed by atoms with E-state index < -0.39 is 25.9 Å². The molecule has 0 bridgehead atoms. The Morgan fingerprint density at radius 3 is 0.188 bits per heavy atom. The van der Waals surface area contributed by atoms with Gasteiger partial charge in [0.05, 0.1) is 0 Å². The fourth-order valence-corrected chi connectivity index (χ4v) is 0. The number of hydrogen-bond donors (Lipinski definition) is 0. The molecule has 0 atom stereocenters. The van der Waals surface area contributed by atoms with Crippen molar-refractivity contribution in [1.82, 2.24) is 0 Å². The number of halogens is 18. The average Bonchev–Trinajstić information content (AvgIpc) is 1.19. The summed E-state index contributed by atoms with van der Waals surface area (Å²) in [6.45, 7) is 0. The zero-order valence-corrected chi connectivity index (χ0v) is 19.3. The van der Waals surface area contributed by atoms with Crippen LogP contribution in [-0.2, 0) is 0 Å². The van der Waals surface area contributed by atoms with Crippen molar-refractivity contribution < 1.29 is 123 Å². The molecule has 18 N–H and O–H groups in total. The molecule has 0 radical (unpaired) electrons. The molecule has 9 nitrogen and oxygen atoms in total. The molecule has 0 aliphatic heterocycles. The molecule has 0 rings (SSSR count). The van der Waals surface area contributed by atoms with Gasteiger partial charge in [-0.3, -0.25) is 0 Å². The van der Waals surface area contributed by atoms with Crippen LogP contribution in [0.2, 0.25) is 0 Å². The van der Waals surface area contributed by atoms with Crippen LogP contribution < -0.4 is 0 Å². The molecule has 0 aliphatic carbocycles. The minimum atomic E-state index is -10.8. The summed E-state index contributed by atoms with van der Waals surface area (Å²) in [5.74, 6) is 0. The molecule has 0 saturated heterocycles.